The van der Waals surface area contributed by atoms with E-state index < -0.39 is 10.8 Å². The van der Waals surface area contributed by atoms with Gasteiger partial charge in [-0.15, -0.1) is 0 Å². The minimum atomic E-state index is -0.618. The van der Waals surface area contributed by atoms with E-state index in [9.17, 15) is 4.21 Å². The van der Waals surface area contributed by atoms with Gasteiger partial charge >= 0.3 is 0 Å². The van der Waals surface area contributed by atoms with E-state index >= 15 is 0 Å². The highest BCUT2D eigenvalue weighted by molar-refractivity contribution is 7.86. The maximum Gasteiger partial charge on any atom is 0.0530 e. The van der Waals surface area contributed by atoms with Crippen LogP contribution < -0.4 is 0 Å². The Morgan fingerprint density at radius 1 is 1.46 bits per heavy atom. The summed E-state index contributed by atoms with van der Waals surface area (Å²) in [4.78, 5) is 2.45. The lowest BCUT2D eigenvalue weighted by Crippen LogP contribution is -2.50. The third-order valence-electron chi connectivity index (χ3n) is 2.64. The predicted octanol–water partition coefficient (Wildman–Crippen LogP) is 1.63. The molecule has 0 bridgehead atoms. The molecule has 1 atom stereocenters. The molecule has 1 aliphatic heterocycles. The molecule has 0 N–H and O–H groups in total. The Labute approximate surface area is 84.2 Å². The summed E-state index contributed by atoms with van der Waals surface area (Å²) in [5.41, 5.74) is 0. The fourth-order valence-corrected chi connectivity index (χ4v) is 3.05. The van der Waals surface area contributed by atoms with Gasteiger partial charge in [-0.2, -0.15) is 0 Å². The van der Waals surface area contributed by atoms with Gasteiger partial charge in [0, 0.05) is 29.6 Å². The van der Waals surface area contributed by atoms with E-state index in [1.54, 1.807) is 0 Å². The van der Waals surface area contributed by atoms with E-state index in [0.717, 1.165) is 18.8 Å². The van der Waals surface area contributed by atoms with Crippen LogP contribution in [-0.2, 0) is 10.8 Å². The lowest BCUT2D eigenvalue weighted by Gasteiger charge is -2.37. The highest BCUT2D eigenvalue weighted by atomic mass is 32.2. The maximum absolute atomic E-state index is 11.6. The second kappa shape index (κ2) is 4.56. The van der Waals surface area contributed by atoms with Gasteiger partial charge in [-0.25, -0.2) is 0 Å². The Morgan fingerprint density at radius 2 is 2.15 bits per heavy atom. The maximum atomic E-state index is 11.6. The zero-order valence-corrected chi connectivity index (χ0v) is 9.82. The summed E-state index contributed by atoms with van der Waals surface area (Å²) < 4.78 is 11.6. The van der Waals surface area contributed by atoms with Crippen molar-refractivity contribution in [3.8, 4) is 0 Å². The van der Waals surface area contributed by atoms with Gasteiger partial charge in [0.1, 0.15) is 0 Å². The lowest BCUT2D eigenvalue weighted by molar-refractivity contribution is 0.252. The average Bonchev–Trinajstić information content (AvgIpc) is 2.07. The molecule has 1 heterocycles. The largest absolute Gasteiger partial charge is 0.301 e. The third-order valence-corrected chi connectivity index (χ3v) is 4.56. The summed E-state index contributed by atoms with van der Waals surface area (Å²) >= 11 is 0. The minimum absolute atomic E-state index is 0.00594. The fourth-order valence-electron chi connectivity index (χ4n) is 1.75. The number of nitrogens with zero attached hydrogens (tertiary/aromatic N) is 1. The topological polar surface area (TPSA) is 20.3 Å². The summed E-state index contributed by atoms with van der Waals surface area (Å²) in [5, 5.41) is 0. The normalized spacial score (nSPS) is 29.0. The molecule has 0 saturated carbocycles. The first kappa shape index (κ1) is 11.2. The molecule has 0 aromatic carbocycles. The zero-order valence-electron chi connectivity index (χ0n) is 9.01. The van der Waals surface area contributed by atoms with Crippen molar-refractivity contribution in [1.29, 1.82) is 0 Å². The number of hydrogen-bond donors (Lipinski definition) is 0. The Morgan fingerprint density at radius 3 is 2.69 bits per heavy atom. The minimum Gasteiger partial charge on any atom is -0.301 e. The van der Waals surface area contributed by atoms with Crippen LogP contribution in [0, 0.1) is 0 Å². The van der Waals surface area contributed by atoms with Gasteiger partial charge in [-0.1, -0.05) is 13.3 Å². The highest BCUT2D eigenvalue weighted by Gasteiger charge is 2.32. The molecule has 0 aliphatic carbocycles. The van der Waals surface area contributed by atoms with Crippen LogP contribution in [-0.4, -0.2) is 39.2 Å². The molecule has 13 heavy (non-hydrogen) atoms. The van der Waals surface area contributed by atoms with E-state index in [1.165, 1.54) is 19.4 Å². The zero-order chi connectivity index (χ0) is 9.90. The number of unbranched alkanes of at least 4 members (excludes halogenated alkanes) is 1. The summed E-state index contributed by atoms with van der Waals surface area (Å²) in [6.07, 6.45) is 2.52. The molecule has 1 unspecified atom stereocenters. The van der Waals surface area contributed by atoms with Crippen LogP contribution >= 0.6 is 0 Å². The summed E-state index contributed by atoms with van der Waals surface area (Å²) in [6, 6.07) is 0. The van der Waals surface area contributed by atoms with E-state index in [1.807, 2.05) is 0 Å². The SMILES string of the molecule is CCCCN1CCS(=O)C(C)(C)C1. The summed E-state index contributed by atoms with van der Waals surface area (Å²) in [7, 11) is -0.618. The molecule has 1 saturated heterocycles. The summed E-state index contributed by atoms with van der Waals surface area (Å²) in [6.45, 7) is 9.64. The standard InChI is InChI=1S/C10H21NOS/c1-4-5-6-11-7-8-13(12)10(2,3)9-11/h4-9H2,1-3H3. The quantitative estimate of drug-likeness (QED) is 0.695. The Hall–Kier alpha value is 0.110. The van der Waals surface area contributed by atoms with Crippen LogP contribution in [0.25, 0.3) is 0 Å². The monoisotopic (exact) mass is 203 g/mol. The van der Waals surface area contributed by atoms with Gasteiger partial charge in [0.2, 0.25) is 0 Å². The molecule has 0 radical (unpaired) electrons. The molecule has 2 nitrogen and oxygen atoms in total. The molecular weight excluding hydrogens is 182 g/mol. The van der Waals surface area contributed by atoms with Gasteiger partial charge in [0.15, 0.2) is 0 Å². The first-order valence-electron chi connectivity index (χ1n) is 5.17. The molecule has 1 rings (SSSR count). The van der Waals surface area contributed by atoms with Gasteiger partial charge in [0.25, 0.3) is 0 Å². The van der Waals surface area contributed by atoms with Crippen LogP contribution in [0.2, 0.25) is 0 Å². The van der Waals surface area contributed by atoms with E-state index in [2.05, 4.69) is 25.7 Å². The third kappa shape index (κ3) is 3.06. The Bertz CT molecular complexity index is 191. The van der Waals surface area contributed by atoms with Crippen LogP contribution in [0.15, 0.2) is 0 Å². The van der Waals surface area contributed by atoms with Crippen LogP contribution in [0.5, 0.6) is 0 Å². The van der Waals surface area contributed by atoms with Crippen molar-refractivity contribution in [1.82, 2.24) is 4.90 Å². The predicted molar refractivity (Wildman–Crippen MR) is 58.4 cm³/mol. The van der Waals surface area contributed by atoms with Gasteiger partial charge in [-0.3, -0.25) is 4.21 Å². The summed E-state index contributed by atoms with van der Waals surface area (Å²) in [5.74, 6) is 0.858. The molecule has 0 spiro atoms. The van der Waals surface area contributed by atoms with Crippen molar-refractivity contribution in [3.63, 3.8) is 0 Å². The molecule has 78 valence electrons. The van der Waals surface area contributed by atoms with Crippen molar-refractivity contribution >= 4 is 10.8 Å². The molecule has 0 amide bonds. The first-order chi connectivity index (χ1) is 6.06. The Balaban J connectivity index is 2.41. The van der Waals surface area contributed by atoms with E-state index in [4.69, 9.17) is 0 Å². The van der Waals surface area contributed by atoms with Gasteiger partial charge < -0.3 is 4.90 Å². The van der Waals surface area contributed by atoms with Crippen LogP contribution in [0.1, 0.15) is 33.6 Å². The molecule has 1 aliphatic rings. The average molecular weight is 203 g/mol. The molecular formula is C10H21NOS. The van der Waals surface area contributed by atoms with Crippen LogP contribution in [0.3, 0.4) is 0 Å². The highest BCUT2D eigenvalue weighted by Crippen LogP contribution is 2.20. The van der Waals surface area contributed by atoms with Crippen molar-refractivity contribution in [3.05, 3.63) is 0 Å². The smallest absolute Gasteiger partial charge is 0.0530 e. The fraction of sp³-hybridized carbons (Fsp3) is 1.00. The van der Waals surface area contributed by atoms with Crippen molar-refractivity contribution in [2.45, 2.75) is 38.4 Å². The van der Waals surface area contributed by atoms with Gasteiger partial charge in [-0.05, 0) is 26.8 Å². The van der Waals surface area contributed by atoms with Crippen molar-refractivity contribution in [2.24, 2.45) is 0 Å². The Kier molecular flexibility index (Phi) is 3.92. The molecule has 0 aromatic heterocycles. The lowest BCUT2D eigenvalue weighted by atomic mass is 10.1. The van der Waals surface area contributed by atoms with Crippen molar-refractivity contribution in [2.75, 3.05) is 25.4 Å². The van der Waals surface area contributed by atoms with E-state index in [-0.39, 0.29) is 4.75 Å². The number of rotatable bonds is 3. The molecule has 0 aromatic rings. The molecule has 3 heteroatoms. The second-order valence-electron chi connectivity index (χ2n) is 4.44. The van der Waals surface area contributed by atoms with E-state index in [0.29, 0.717) is 0 Å². The number of hydrogen-bond acceptors (Lipinski definition) is 2. The second-order valence-corrected chi connectivity index (χ2v) is 6.64. The van der Waals surface area contributed by atoms with Gasteiger partial charge in [0.05, 0.1) is 4.75 Å². The van der Waals surface area contributed by atoms with Crippen molar-refractivity contribution < 1.29 is 4.21 Å². The molecule has 1 fully saturated rings. The first-order valence-corrected chi connectivity index (χ1v) is 6.49. The van der Waals surface area contributed by atoms with Crippen LogP contribution in [0.4, 0.5) is 0 Å².